The molecule has 0 aliphatic heterocycles. The summed E-state index contributed by atoms with van der Waals surface area (Å²) >= 11 is -0.618. The second-order valence-electron chi connectivity index (χ2n) is 6.33. The Morgan fingerprint density at radius 1 is 1.35 bits per heavy atom. The molecule has 4 fully saturated rings. The monoisotopic (exact) mass is 306 g/mol. The van der Waals surface area contributed by atoms with Crippen molar-refractivity contribution in [2.45, 2.75) is 37.4 Å². The highest BCUT2D eigenvalue weighted by molar-refractivity contribution is 7.94. The molecule has 4 rings (SSSR count). The van der Waals surface area contributed by atoms with Crippen molar-refractivity contribution in [3.05, 3.63) is 0 Å². The molecule has 1 N–H and O–H groups in total. The lowest BCUT2D eigenvalue weighted by Gasteiger charge is -2.53. The normalized spacial score (nSPS) is 39.1. The molecule has 2 unspecified atom stereocenters. The Balaban J connectivity index is 1.70. The van der Waals surface area contributed by atoms with E-state index in [1.165, 1.54) is 0 Å². The third-order valence-electron chi connectivity index (χ3n) is 4.93. The molecule has 4 saturated carbocycles. The van der Waals surface area contributed by atoms with Crippen LogP contribution in [0.25, 0.3) is 0 Å². The number of rotatable bonds is 4. The van der Waals surface area contributed by atoms with Crippen molar-refractivity contribution in [1.82, 2.24) is 0 Å². The lowest BCUT2D eigenvalue weighted by Crippen LogP contribution is -2.55. The molecule has 4 nitrogen and oxygen atoms in total. The van der Waals surface area contributed by atoms with Crippen LogP contribution in [0.5, 0.6) is 0 Å². The minimum Gasteiger partial charge on any atom is -0.458 e. The van der Waals surface area contributed by atoms with Gasteiger partial charge in [0, 0.05) is 11.8 Å². The van der Waals surface area contributed by atoms with Crippen LogP contribution in [0.4, 0.5) is 8.78 Å². The summed E-state index contributed by atoms with van der Waals surface area (Å²) < 4.78 is 39.0. The first-order chi connectivity index (χ1) is 9.35. The third kappa shape index (κ3) is 2.24. The Kier molecular flexibility index (Phi) is 3.32. The number of halogens is 2. The quantitative estimate of drug-likeness (QED) is 0.639. The average Bonchev–Trinajstić information content (AvgIpc) is 2.41. The highest BCUT2D eigenvalue weighted by Gasteiger charge is 2.59. The molecular formula is C13H16F2O4S. The van der Waals surface area contributed by atoms with E-state index in [0.29, 0.717) is 25.2 Å². The zero-order valence-corrected chi connectivity index (χ0v) is 11.6. The van der Waals surface area contributed by atoms with Crippen molar-refractivity contribution in [3.63, 3.8) is 0 Å². The van der Waals surface area contributed by atoms with Crippen molar-refractivity contribution in [3.8, 4) is 0 Å². The van der Waals surface area contributed by atoms with Gasteiger partial charge in [-0.05, 0) is 38.0 Å². The second kappa shape index (κ2) is 4.66. The number of carbonyl (C=O) groups is 2. The SMILES string of the molecule is O=C1C2CC3CC1CC(C(=O)OCC(F)(F)SO)(C3)C2. The van der Waals surface area contributed by atoms with E-state index in [4.69, 9.17) is 9.29 Å². The zero-order chi connectivity index (χ0) is 14.5. The Morgan fingerprint density at radius 2 is 1.95 bits per heavy atom. The molecule has 112 valence electrons. The van der Waals surface area contributed by atoms with Crippen LogP contribution in [0.3, 0.4) is 0 Å². The number of ether oxygens (including phenoxy) is 1. The fourth-order valence-electron chi connectivity index (χ4n) is 4.33. The molecule has 0 aromatic carbocycles. The first-order valence-electron chi connectivity index (χ1n) is 6.77. The largest absolute Gasteiger partial charge is 0.458 e. The van der Waals surface area contributed by atoms with E-state index in [1.54, 1.807) is 0 Å². The van der Waals surface area contributed by atoms with Gasteiger partial charge < -0.3 is 9.29 Å². The van der Waals surface area contributed by atoms with Crippen LogP contribution >= 0.6 is 12.0 Å². The molecule has 7 heteroatoms. The fraction of sp³-hybridized carbons (Fsp3) is 0.846. The number of esters is 1. The predicted molar refractivity (Wildman–Crippen MR) is 67.1 cm³/mol. The summed E-state index contributed by atoms with van der Waals surface area (Å²) in [6.45, 7) is -1.12. The van der Waals surface area contributed by atoms with Crippen molar-refractivity contribution < 1.29 is 27.7 Å². The summed E-state index contributed by atoms with van der Waals surface area (Å²) in [5, 5.41) is -3.48. The van der Waals surface area contributed by atoms with Gasteiger partial charge in [-0.2, -0.15) is 8.78 Å². The van der Waals surface area contributed by atoms with Crippen LogP contribution in [-0.4, -0.2) is 28.2 Å². The minimum absolute atomic E-state index is 0.0958. The second-order valence-corrected chi connectivity index (χ2v) is 7.11. The molecule has 2 atom stereocenters. The topological polar surface area (TPSA) is 63.6 Å². The Hall–Kier alpha value is -0.690. The molecule has 0 saturated heterocycles. The first kappa shape index (κ1) is 14.3. The number of ketones is 1. The zero-order valence-electron chi connectivity index (χ0n) is 10.8. The molecule has 20 heavy (non-hydrogen) atoms. The van der Waals surface area contributed by atoms with Gasteiger partial charge in [0.1, 0.15) is 5.78 Å². The van der Waals surface area contributed by atoms with Crippen LogP contribution in [0.1, 0.15) is 32.1 Å². The lowest BCUT2D eigenvalue weighted by molar-refractivity contribution is -0.178. The van der Waals surface area contributed by atoms with Crippen LogP contribution in [0.2, 0.25) is 0 Å². The molecule has 0 aromatic rings. The van der Waals surface area contributed by atoms with E-state index in [2.05, 4.69) is 0 Å². The molecule has 0 radical (unpaired) electrons. The summed E-state index contributed by atoms with van der Waals surface area (Å²) in [4.78, 5) is 24.2. The fourth-order valence-corrected chi connectivity index (χ4v) is 4.44. The Labute approximate surface area is 119 Å². The van der Waals surface area contributed by atoms with Gasteiger partial charge in [0.05, 0.1) is 17.5 Å². The summed E-state index contributed by atoms with van der Waals surface area (Å²) in [5.74, 6) is -0.243. The van der Waals surface area contributed by atoms with Gasteiger partial charge in [0.25, 0.3) is 0 Å². The lowest BCUT2D eigenvalue weighted by atomic mass is 9.49. The average molecular weight is 306 g/mol. The van der Waals surface area contributed by atoms with E-state index >= 15 is 0 Å². The minimum atomic E-state index is -3.48. The maximum Gasteiger partial charge on any atom is 0.351 e. The number of hydrogen-bond donors (Lipinski definition) is 1. The van der Waals surface area contributed by atoms with Gasteiger partial charge >= 0.3 is 11.2 Å². The summed E-state index contributed by atoms with van der Waals surface area (Å²) in [6.07, 6.45) is 3.18. The Morgan fingerprint density at radius 3 is 2.50 bits per heavy atom. The molecule has 4 aliphatic carbocycles. The maximum absolute atomic E-state index is 12.9. The van der Waals surface area contributed by atoms with Crippen LogP contribution in [0, 0.1) is 23.2 Å². The van der Waals surface area contributed by atoms with E-state index in [-0.39, 0.29) is 17.6 Å². The van der Waals surface area contributed by atoms with Gasteiger partial charge in [0.2, 0.25) is 0 Å². The smallest absolute Gasteiger partial charge is 0.351 e. The van der Waals surface area contributed by atoms with Gasteiger partial charge in [0.15, 0.2) is 6.61 Å². The molecule has 0 heterocycles. The van der Waals surface area contributed by atoms with E-state index in [1.807, 2.05) is 0 Å². The van der Waals surface area contributed by atoms with Crippen molar-refractivity contribution in [2.75, 3.05) is 6.61 Å². The summed E-state index contributed by atoms with van der Waals surface area (Å²) in [6, 6.07) is 0. The van der Waals surface area contributed by atoms with E-state index in [0.717, 1.165) is 12.8 Å². The van der Waals surface area contributed by atoms with Crippen molar-refractivity contribution in [1.29, 1.82) is 0 Å². The van der Waals surface area contributed by atoms with Gasteiger partial charge in [-0.1, -0.05) is 0 Å². The molecule has 0 amide bonds. The molecule has 4 aliphatic rings. The van der Waals surface area contributed by atoms with E-state index in [9.17, 15) is 18.4 Å². The van der Waals surface area contributed by atoms with Gasteiger partial charge in [-0.3, -0.25) is 9.59 Å². The number of carbonyl (C=O) groups excluding carboxylic acids is 2. The molecular weight excluding hydrogens is 290 g/mol. The predicted octanol–water partition coefficient (Wildman–Crippen LogP) is 2.72. The number of Topliss-reactive ketones (excluding diaryl/α,β-unsaturated/α-hetero) is 1. The van der Waals surface area contributed by atoms with Crippen LogP contribution < -0.4 is 0 Å². The van der Waals surface area contributed by atoms with Crippen molar-refractivity contribution in [2.24, 2.45) is 23.2 Å². The number of alkyl halides is 2. The van der Waals surface area contributed by atoms with Gasteiger partial charge in [-0.25, -0.2) is 0 Å². The van der Waals surface area contributed by atoms with Gasteiger partial charge in [-0.15, -0.1) is 0 Å². The summed E-state index contributed by atoms with van der Waals surface area (Å²) in [5.41, 5.74) is -0.749. The van der Waals surface area contributed by atoms with Crippen molar-refractivity contribution >= 4 is 23.8 Å². The molecule has 0 aromatic heterocycles. The third-order valence-corrected chi connectivity index (χ3v) is 5.32. The summed E-state index contributed by atoms with van der Waals surface area (Å²) in [7, 11) is 0. The molecule has 0 spiro atoms. The molecule has 4 bridgehead atoms. The highest BCUT2D eigenvalue weighted by Crippen LogP contribution is 2.59. The maximum atomic E-state index is 12.9. The first-order valence-corrected chi connectivity index (χ1v) is 7.54. The number of hydrogen-bond acceptors (Lipinski definition) is 5. The van der Waals surface area contributed by atoms with Crippen LogP contribution in [-0.2, 0) is 14.3 Å². The van der Waals surface area contributed by atoms with E-state index < -0.39 is 35.3 Å². The Bertz CT molecular complexity index is 436. The van der Waals surface area contributed by atoms with Crippen LogP contribution in [0.15, 0.2) is 0 Å². The standard InChI is InChI=1S/C13H16F2O4S/c14-13(15,20-18)6-19-11(17)12-3-7-1-8(4-12)10(16)9(2-7)5-12/h7-9,18H,1-6H2. The highest BCUT2D eigenvalue weighted by atomic mass is 32.2.